The Hall–Kier alpha value is -1.79. The monoisotopic (exact) mass is 526 g/mol. The molecule has 3 aliphatic heterocycles. The fourth-order valence-corrected chi connectivity index (χ4v) is 7.56. The van der Waals surface area contributed by atoms with Gasteiger partial charge in [-0.1, -0.05) is 6.92 Å². The first kappa shape index (κ1) is 21.7. The van der Waals surface area contributed by atoms with Crippen molar-refractivity contribution in [3.8, 4) is 54.0 Å². The molecule has 0 amide bonds. The van der Waals surface area contributed by atoms with Crippen LogP contribution in [0.5, 0.6) is 34.5 Å². The summed E-state index contributed by atoms with van der Waals surface area (Å²) in [7, 11) is 0. The minimum Gasteiger partial charge on any atom is -0.487 e. The highest BCUT2D eigenvalue weighted by Crippen LogP contribution is 2.61. The van der Waals surface area contributed by atoms with Gasteiger partial charge in [-0.25, -0.2) is 0 Å². The standard InChI is InChI=1S/C22H22O7S4/c1-22(11-29-30-2)9-27-16-17(28-10-22)21(19-15-13(8-32-19)24-4-6-26-15)33-20(16)18-14-12(7-31-18)23-3-5-25-14/h7-8H,3-6,9-11H2,1-2H3. The van der Waals surface area contributed by atoms with E-state index in [1.807, 2.05) is 17.0 Å². The zero-order valence-corrected chi connectivity index (χ0v) is 21.4. The van der Waals surface area contributed by atoms with Gasteiger partial charge in [-0.2, -0.15) is 0 Å². The van der Waals surface area contributed by atoms with Crippen LogP contribution in [0.25, 0.3) is 19.5 Å². The minimum atomic E-state index is -0.281. The molecule has 0 fully saturated rings. The number of hydrogen-bond acceptors (Lipinski definition) is 11. The van der Waals surface area contributed by atoms with E-state index in [1.54, 1.807) is 34.0 Å². The van der Waals surface area contributed by atoms with Gasteiger partial charge < -0.3 is 32.6 Å². The van der Waals surface area contributed by atoms with E-state index in [-0.39, 0.29) is 5.41 Å². The molecular formula is C22H22O7S4. The molecule has 0 saturated carbocycles. The normalized spacial score (nSPS) is 18.1. The zero-order chi connectivity index (χ0) is 22.4. The maximum absolute atomic E-state index is 6.47. The summed E-state index contributed by atoms with van der Waals surface area (Å²) in [5.74, 6) is 4.58. The Balaban J connectivity index is 1.47. The molecule has 11 heteroatoms. The first-order valence-electron chi connectivity index (χ1n) is 10.5. The van der Waals surface area contributed by atoms with Crippen LogP contribution in [0.2, 0.25) is 0 Å². The van der Waals surface area contributed by atoms with Crippen molar-refractivity contribution in [2.75, 3.05) is 52.5 Å². The molecule has 0 unspecified atom stereocenters. The lowest BCUT2D eigenvalue weighted by Gasteiger charge is -2.25. The maximum atomic E-state index is 6.47. The van der Waals surface area contributed by atoms with Crippen molar-refractivity contribution in [1.82, 2.24) is 0 Å². The van der Waals surface area contributed by atoms with Crippen molar-refractivity contribution in [2.24, 2.45) is 5.41 Å². The molecule has 176 valence electrons. The van der Waals surface area contributed by atoms with E-state index in [1.165, 1.54) is 12.0 Å². The summed E-state index contributed by atoms with van der Waals surface area (Å²) < 4.78 is 42.1. The Morgan fingerprint density at radius 2 is 1.27 bits per heavy atom. The van der Waals surface area contributed by atoms with Crippen LogP contribution < -0.4 is 28.4 Å². The highest BCUT2D eigenvalue weighted by molar-refractivity contribution is 7.93. The van der Waals surface area contributed by atoms with Crippen LogP contribution in [0.15, 0.2) is 10.8 Å². The van der Waals surface area contributed by atoms with Crippen LogP contribution in [-0.2, 0) is 4.18 Å². The quantitative estimate of drug-likeness (QED) is 0.386. The fourth-order valence-electron chi connectivity index (χ4n) is 3.82. The highest BCUT2D eigenvalue weighted by atomic mass is 32.2. The lowest BCUT2D eigenvalue weighted by Crippen LogP contribution is -2.34. The molecule has 33 heavy (non-hydrogen) atoms. The van der Waals surface area contributed by atoms with E-state index in [2.05, 4.69) is 6.92 Å². The largest absolute Gasteiger partial charge is 0.487 e. The SMILES string of the molecule is CSOCC1(C)COc2c(-c3scc4c3OCCO4)sc(-c3scc4c3OCCO4)c2OC1. The molecule has 7 nitrogen and oxygen atoms in total. The summed E-state index contributed by atoms with van der Waals surface area (Å²) in [6.45, 7) is 5.79. The third kappa shape index (κ3) is 3.83. The predicted octanol–water partition coefficient (Wildman–Crippen LogP) is 5.82. The second-order valence-electron chi connectivity index (χ2n) is 8.15. The number of hydrogen-bond donors (Lipinski definition) is 0. The van der Waals surface area contributed by atoms with Gasteiger partial charge in [-0.3, -0.25) is 0 Å². The van der Waals surface area contributed by atoms with Gasteiger partial charge in [0.05, 0.1) is 44.7 Å². The molecule has 0 saturated heterocycles. The predicted molar refractivity (Wildman–Crippen MR) is 131 cm³/mol. The summed E-state index contributed by atoms with van der Waals surface area (Å²) >= 11 is 6.17. The molecule has 0 aromatic carbocycles. The summed E-state index contributed by atoms with van der Waals surface area (Å²) in [6.07, 6.45) is 1.92. The summed E-state index contributed by atoms with van der Waals surface area (Å²) in [5.41, 5.74) is -0.281. The van der Waals surface area contributed by atoms with Crippen molar-refractivity contribution in [3.05, 3.63) is 10.8 Å². The topological polar surface area (TPSA) is 64.6 Å². The van der Waals surface area contributed by atoms with E-state index < -0.39 is 0 Å². The third-order valence-corrected chi connectivity index (χ3v) is 9.21. The first-order valence-corrected chi connectivity index (χ1v) is 14.2. The zero-order valence-electron chi connectivity index (χ0n) is 18.1. The van der Waals surface area contributed by atoms with Crippen molar-refractivity contribution in [1.29, 1.82) is 0 Å². The van der Waals surface area contributed by atoms with E-state index in [0.29, 0.717) is 46.2 Å². The summed E-state index contributed by atoms with van der Waals surface area (Å²) in [5, 5.41) is 3.99. The average Bonchev–Trinajstić information content (AvgIpc) is 3.52. The fraction of sp³-hybridized carbons (Fsp3) is 0.455. The summed E-state index contributed by atoms with van der Waals surface area (Å²) in [6, 6.07) is 0. The molecule has 0 spiro atoms. The third-order valence-electron chi connectivity index (χ3n) is 5.49. The second kappa shape index (κ2) is 8.77. The van der Waals surface area contributed by atoms with Gasteiger partial charge in [0.1, 0.15) is 26.4 Å². The van der Waals surface area contributed by atoms with Crippen molar-refractivity contribution in [3.63, 3.8) is 0 Å². The van der Waals surface area contributed by atoms with Crippen LogP contribution in [0.1, 0.15) is 6.92 Å². The Bertz CT molecular complexity index is 1080. The van der Waals surface area contributed by atoms with Gasteiger partial charge in [-0.15, -0.1) is 34.0 Å². The molecule has 0 radical (unpaired) electrons. The average molecular weight is 527 g/mol. The smallest absolute Gasteiger partial charge is 0.181 e. The van der Waals surface area contributed by atoms with Crippen molar-refractivity contribution < 1.29 is 32.6 Å². The van der Waals surface area contributed by atoms with E-state index >= 15 is 0 Å². The van der Waals surface area contributed by atoms with Gasteiger partial charge in [0.25, 0.3) is 0 Å². The highest BCUT2D eigenvalue weighted by Gasteiger charge is 2.38. The van der Waals surface area contributed by atoms with E-state index in [9.17, 15) is 0 Å². The van der Waals surface area contributed by atoms with Gasteiger partial charge >= 0.3 is 0 Å². The maximum Gasteiger partial charge on any atom is 0.181 e. The van der Waals surface area contributed by atoms with Gasteiger partial charge in [0.2, 0.25) is 0 Å². The molecule has 3 aromatic rings. The van der Waals surface area contributed by atoms with E-state index in [0.717, 1.165) is 54.0 Å². The van der Waals surface area contributed by atoms with E-state index in [4.69, 9.17) is 32.6 Å². The molecule has 3 aromatic heterocycles. The lowest BCUT2D eigenvalue weighted by atomic mass is 9.94. The molecule has 0 N–H and O–H groups in total. The molecule has 3 aliphatic rings. The Labute approximate surface area is 207 Å². The lowest BCUT2D eigenvalue weighted by molar-refractivity contribution is 0.0746. The Morgan fingerprint density at radius 1 is 0.758 bits per heavy atom. The molecule has 6 rings (SSSR count). The molecule has 6 heterocycles. The van der Waals surface area contributed by atoms with Crippen LogP contribution in [0.3, 0.4) is 0 Å². The molecule has 0 aliphatic carbocycles. The Kier molecular flexibility index (Phi) is 5.77. The van der Waals surface area contributed by atoms with Gasteiger partial charge in [0, 0.05) is 17.0 Å². The first-order chi connectivity index (χ1) is 16.2. The number of fused-ring (bicyclic) bond motifs is 3. The molecule has 0 atom stereocenters. The minimum absolute atomic E-state index is 0.281. The van der Waals surface area contributed by atoms with Crippen LogP contribution in [-0.4, -0.2) is 52.5 Å². The van der Waals surface area contributed by atoms with Gasteiger partial charge in [0.15, 0.2) is 34.5 Å². The van der Waals surface area contributed by atoms with Crippen LogP contribution >= 0.6 is 46.1 Å². The van der Waals surface area contributed by atoms with Crippen LogP contribution in [0, 0.1) is 5.41 Å². The number of rotatable bonds is 5. The number of ether oxygens (including phenoxy) is 6. The van der Waals surface area contributed by atoms with Crippen molar-refractivity contribution >= 4 is 46.1 Å². The summed E-state index contributed by atoms with van der Waals surface area (Å²) in [4.78, 5) is 3.94. The molecular weight excluding hydrogens is 505 g/mol. The molecule has 0 bridgehead atoms. The second-order valence-corrected chi connectivity index (χ2v) is 11.5. The number of thiophene rings is 3. The Morgan fingerprint density at radius 3 is 1.79 bits per heavy atom. The van der Waals surface area contributed by atoms with Crippen molar-refractivity contribution in [2.45, 2.75) is 6.92 Å². The van der Waals surface area contributed by atoms with Crippen LogP contribution in [0.4, 0.5) is 0 Å². The van der Waals surface area contributed by atoms with Gasteiger partial charge in [-0.05, 0) is 12.0 Å².